The van der Waals surface area contributed by atoms with E-state index >= 15 is 0 Å². The lowest BCUT2D eigenvalue weighted by Gasteiger charge is -2.33. The van der Waals surface area contributed by atoms with E-state index in [0.29, 0.717) is 22.2 Å². The Balaban J connectivity index is 2.29. The van der Waals surface area contributed by atoms with Crippen molar-refractivity contribution in [3.63, 3.8) is 0 Å². The molecular weight excluding hydrogens is 551 g/mol. The number of carbonyl (C=O) groups is 2. The average molecular weight is 586 g/mol. The van der Waals surface area contributed by atoms with Gasteiger partial charge in [0.25, 0.3) is 5.91 Å². The molecule has 192 valence electrons. The fourth-order valence-corrected chi connectivity index (χ4v) is 4.33. The van der Waals surface area contributed by atoms with Crippen molar-refractivity contribution < 1.29 is 14.3 Å². The molecule has 0 saturated heterocycles. The average Bonchev–Trinajstić information content (AvgIpc) is 2.73. The van der Waals surface area contributed by atoms with Crippen LogP contribution in [0.4, 0.5) is 0 Å². The molecule has 35 heavy (non-hydrogen) atoms. The van der Waals surface area contributed by atoms with E-state index in [1.165, 1.54) is 4.90 Å². The first kappa shape index (κ1) is 29.5. The minimum atomic E-state index is -0.675. The predicted octanol–water partition coefficient (Wildman–Crippen LogP) is 7.15. The maximum Gasteiger partial charge on any atom is 0.261 e. The van der Waals surface area contributed by atoms with E-state index in [-0.39, 0.29) is 30.4 Å². The van der Waals surface area contributed by atoms with Crippen molar-refractivity contribution in [2.45, 2.75) is 78.4 Å². The topological polar surface area (TPSA) is 58.6 Å². The van der Waals surface area contributed by atoms with Crippen molar-refractivity contribution in [1.82, 2.24) is 10.2 Å². The molecule has 8 heteroatoms. The standard InChI is InChI=1S/C27H35BrCl2N2O3/c1-8-22(25(34)31-27(5,6)7)32(15-17-9-11-20(29)21(30)13-17)24(33)16-35-23-12-10-18(14-19(23)28)26(2,3)4/h9-14,22H,8,15-16H2,1-7H3,(H,31,34)/t22-/m0/s1. The van der Waals surface area contributed by atoms with Crippen molar-refractivity contribution in [2.75, 3.05) is 6.61 Å². The summed E-state index contributed by atoms with van der Waals surface area (Å²) in [6.45, 7) is 14.0. The Morgan fingerprint density at radius 3 is 2.20 bits per heavy atom. The molecule has 5 nitrogen and oxygen atoms in total. The van der Waals surface area contributed by atoms with Gasteiger partial charge in [0, 0.05) is 12.1 Å². The molecular formula is C27H35BrCl2N2O3. The summed E-state index contributed by atoms with van der Waals surface area (Å²) in [7, 11) is 0. The van der Waals surface area contributed by atoms with Crippen LogP contribution in [0, 0.1) is 0 Å². The summed E-state index contributed by atoms with van der Waals surface area (Å²) in [6.07, 6.45) is 0.443. The minimum absolute atomic E-state index is 0.0116. The lowest BCUT2D eigenvalue weighted by molar-refractivity contribution is -0.143. The van der Waals surface area contributed by atoms with Gasteiger partial charge >= 0.3 is 0 Å². The maximum absolute atomic E-state index is 13.4. The molecule has 0 saturated carbocycles. The number of rotatable bonds is 8. The molecule has 0 spiro atoms. The Kier molecular flexibility index (Phi) is 10.1. The van der Waals surface area contributed by atoms with Crippen LogP contribution in [-0.4, -0.2) is 34.9 Å². The molecule has 0 aliphatic rings. The molecule has 0 unspecified atom stereocenters. The third-order valence-electron chi connectivity index (χ3n) is 5.37. The summed E-state index contributed by atoms with van der Waals surface area (Å²) < 4.78 is 6.66. The van der Waals surface area contributed by atoms with Crippen LogP contribution in [0.25, 0.3) is 0 Å². The van der Waals surface area contributed by atoms with Gasteiger partial charge in [-0.1, -0.05) is 63.0 Å². The summed E-state index contributed by atoms with van der Waals surface area (Å²) in [5, 5.41) is 3.81. The molecule has 0 bridgehead atoms. The highest BCUT2D eigenvalue weighted by Gasteiger charge is 2.31. The van der Waals surface area contributed by atoms with Gasteiger partial charge in [-0.05, 0) is 83.9 Å². The van der Waals surface area contributed by atoms with Gasteiger partial charge in [-0.2, -0.15) is 0 Å². The molecule has 0 aliphatic carbocycles. The second-order valence-electron chi connectivity index (χ2n) is 10.6. The number of hydrogen-bond donors (Lipinski definition) is 1. The summed E-state index contributed by atoms with van der Waals surface area (Å²) >= 11 is 15.8. The lowest BCUT2D eigenvalue weighted by atomic mass is 9.87. The van der Waals surface area contributed by atoms with Crippen LogP contribution in [0.1, 0.15) is 66.0 Å². The van der Waals surface area contributed by atoms with Crippen LogP contribution in [0.15, 0.2) is 40.9 Å². The molecule has 0 heterocycles. The SMILES string of the molecule is CC[C@@H](C(=O)NC(C)(C)C)N(Cc1ccc(Cl)c(Cl)c1)C(=O)COc1ccc(C(C)(C)C)cc1Br. The number of nitrogens with one attached hydrogen (secondary N) is 1. The number of ether oxygens (including phenoxy) is 1. The van der Waals surface area contributed by atoms with Crippen molar-refractivity contribution >= 4 is 50.9 Å². The highest BCUT2D eigenvalue weighted by atomic mass is 79.9. The van der Waals surface area contributed by atoms with E-state index in [0.717, 1.165) is 15.6 Å². The van der Waals surface area contributed by atoms with E-state index in [1.807, 2.05) is 45.9 Å². The summed E-state index contributed by atoms with van der Waals surface area (Å²) in [5.74, 6) is 0.0379. The van der Waals surface area contributed by atoms with Gasteiger partial charge in [0.15, 0.2) is 6.61 Å². The van der Waals surface area contributed by atoms with E-state index in [1.54, 1.807) is 18.2 Å². The van der Waals surface area contributed by atoms with Gasteiger partial charge in [-0.25, -0.2) is 0 Å². The maximum atomic E-state index is 13.4. The fourth-order valence-electron chi connectivity index (χ4n) is 3.51. The van der Waals surface area contributed by atoms with Gasteiger partial charge in [0.2, 0.25) is 5.91 Å². The van der Waals surface area contributed by atoms with Crippen LogP contribution < -0.4 is 10.1 Å². The zero-order valence-corrected chi connectivity index (χ0v) is 24.6. The van der Waals surface area contributed by atoms with Gasteiger partial charge < -0.3 is 15.0 Å². The number of hydrogen-bond acceptors (Lipinski definition) is 3. The normalized spacial score (nSPS) is 12.7. The van der Waals surface area contributed by atoms with Crippen molar-refractivity contribution in [3.8, 4) is 5.75 Å². The number of carbonyl (C=O) groups excluding carboxylic acids is 2. The highest BCUT2D eigenvalue weighted by Crippen LogP contribution is 2.31. The van der Waals surface area contributed by atoms with Crippen molar-refractivity contribution in [3.05, 3.63) is 62.0 Å². The first-order chi connectivity index (χ1) is 16.1. The van der Waals surface area contributed by atoms with Crippen LogP contribution in [0.2, 0.25) is 10.0 Å². The quantitative estimate of drug-likeness (QED) is 0.358. The van der Waals surface area contributed by atoms with Gasteiger partial charge in [-0.15, -0.1) is 0 Å². The fraction of sp³-hybridized carbons (Fsp3) is 0.481. The number of nitrogens with zero attached hydrogens (tertiary/aromatic N) is 1. The molecule has 2 amide bonds. The Morgan fingerprint density at radius 2 is 1.69 bits per heavy atom. The number of amides is 2. The summed E-state index contributed by atoms with van der Waals surface area (Å²) in [5.41, 5.74) is 1.47. The van der Waals surface area contributed by atoms with E-state index in [4.69, 9.17) is 27.9 Å². The Morgan fingerprint density at radius 1 is 1.03 bits per heavy atom. The smallest absolute Gasteiger partial charge is 0.261 e. The highest BCUT2D eigenvalue weighted by molar-refractivity contribution is 9.10. The minimum Gasteiger partial charge on any atom is -0.483 e. The zero-order chi connectivity index (χ0) is 26.6. The molecule has 0 radical (unpaired) electrons. The predicted molar refractivity (Wildman–Crippen MR) is 147 cm³/mol. The Labute approximate surface area is 227 Å². The first-order valence-electron chi connectivity index (χ1n) is 11.6. The molecule has 2 rings (SSSR count). The van der Waals surface area contributed by atoms with Gasteiger partial charge in [-0.3, -0.25) is 9.59 Å². The molecule has 0 fully saturated rings. The zero-order valence-electron chi connectivity index (χ0n) is 21.5. The van der Waals surface area contributed by atoms with Gasteiger partial charge in [0.05, 0.1) is 14.5 Å². The molecule has 1 atom stereocenters. The van der Waals surface area contributed by atoms with E-state index in [9.17, 15) is 9.59 Å². The summed E-state index contributed by atoms with van der Waals surface area (Å²) in [4.78, 5) is 28.1. The Hall–Kier alpha value is -1.76. The summed E-state index contributed by atoms with van der Waals surface area (Å²) in [6, 6.07) is 10.4. The van der Waals surface area contributed by atoms with Crippen molar-refractivity contribution in [1.29, 1.82) is 0 Å². The van der Waals surface area contributed by atoms with Gasteiger partial charge in [0.1, 0.15) is 11.8 Å². The van der Waals surface area contributed by atoms with Crippen molar-refractivity contribution in [2.24, 2.45) is 0 Å². The molecule has 2 aromatic rings. The van der Waals surface area contributed by atoms with Crippen LogP contribution in [0.3, 0.4) is 0 Å². The monoisotopic (exact) mass is 584 g/mol. The lowest BCUT2D eigenvalue weighted by Crippen LogP contribution is -2.54. The van der Waals surface area contributed by atoms with Crippen LogP contribution >= 0.6 is 39.1 Å². The molecule has 2 aromatic carbocycles. The molecule has 1 N–H and O–H groups in total. The van der Waals surface area contributed by atoms with E-state index < -0.39 is 11.6 Å². The van der Waals surface area contributed by atoms with E-state index in [2.05, 4.69) is 42.0 Å². The molecule has 0 aliphatic heterocycles. The second kappa shape index (κ2) is 12.0. The number of halogens is 3. The third kappa shape index (κ3) is 8.69. The number of benzene rings is 2. The molecule has 0 aromatic heterocycles. The second-order valence-corrected chi connectivity index (χ2v) is 12.3. The largest absolute Gasteiger partial charge is 0.483 e. The van der Waals surface area contributed by atoms with Crippen LogP contribution in [-0.2, 0) is 21.5 Å². The Bertz CT molecular complexity index is 1060. The third-order valence-corrected chi connectivity index (χ3v) is 6.73. The van der Waals surface area contributed by atoms with Crippen LogP contribution in [0.5, 0.6) is 5.75 Å². The first-order valence-corrected chi connectivity index (χ1v) is 13.2.